The highest BCUT2D eigenvalue weighted by Crippen LogP contribution is 2.36. The molecule has 2 atom stereocenters. The van der Waals surface area contributed by atoms with E-state index >= 15 is 0 Å². The second-order valence-electron chi connectivity index (χ2n) is 6.23. The molecular weight excluding hydrogens is 256 g/mol. The molecule has 120 valence electrons. The molecule has 21 heavy (non-hydrogen) atoms. The lowest BCUT2D eigenvalue weighted by Gasteiger charge is -2.46. The number of aryl methyl sites for hydroxylation is 2. The van der Waals surface area contributed by atoms with Crippen LogP contribution in [0, 0.1) is 13.8 Å². The minimum Gasteiger partial charge on any atom is -0.309 e. The van der Waals surface area contributed by atoms with Crippen LogP contribution in [0.2, 0.25) is 0 Å². The van der Waals surface area contributed by atoms with Gasteiger partial charge in [-0.25, -0.2) is 0 Å². The fraction of sp³-hybridized carbons (Fsp3) is 0.684. The summed E-state index contributed by atoms with van der Waals surface area (Å²) in [4.78, 5) is 2.60. The van der Waals surface area contributed by atoms with Crippen LogP contribution in [-0.4, -0.2) is 30.1 Å². The van der Waals surface area contributed by atoms with Crippen molar-refractivity contribution in [2.45, 2.75) is 66.5 Å². The van der Waals surface area contributed by atoms with E-state index in [2.05, 4.69) is 76.9 Å². The third-order valence-electron chi connectivity index (χ3n) is 4.98. The van der Waals surface area contributed by atoms with Crippen LogP contribution in [0.5, 0.6) is 0 Å². The minimum atomic E-state index is 0.137. The molecule has 0 aliphatic heterocycles. The van der Waals surface area contributed by atoms with Gasteiger partial charge in [-0.3, -0.25) is 4.90 Å². The smallest absolute Gasteiger partial charge is 0.0507 e. The molecule has 1 aromatic rings. The first-order chi connectivity index (χ1) is 9.94. The van der Waals surface area contributed by atoms with Crippen molar-refractivity contribution in [3.05, 3.63) is 34.9 Å². The van der Waals surface area contributed by atoms with E-state index in [-0.39, 0.29) is 5.54 Å². The van der Waals surface area contributed by atoms with Gasteiger partial charge in [-0.2, -0.15) is 0 Å². The first kappa shape index (κ1) is 18.2. The summed E-state index contributed by atoms with van der Waals surface area (Å²) in [6.45, 7) is 19.1. The molecule has 1 aromatic carbocycles. The van der Waals surface area contributed by atoms with Crippen molar-refractivity contribution in [1.29, 1.82) is 0 Å². The van der Waals surface area contributed by atoms with Crippen molar-refractivity contribution in [3.63, 3.8) is 0 Å². The van der Waals surface area contributed by atoms with Gasteiger partial charge in [0, 0.05) is 5.54 Å². The molecule has 0 saturated heterocycles. The molecule has 0 radical (unpaired) electrons. The highest BCUT2D eigenvalue weighted by atomic mass is 15.2. The van der Waals surface area contributed by atoms with Gasteiger partial charge < -0.3 is 5.32 Å². The number of likely N-dealkylation sites (N-methyl/N-ethyl adjacent to an activating group) is 2. The number of hydrogen-bond donors (Lipinski definition) is 1. The number of benzene rings is 1. The van der Waals surface area contributed by atoms with Gasteiger partial charge in [-0.1, -0.05) is 51.5 Å². The SMILES string of the molecule is CCNC(c1cc(C)ccc1C)C(C)(CC)N(CC)CC. The fourth-order valence-electron chi connectivity index (χ4n) is 3.50. The Labute approximate surface area is 131 Å². The van der Waals surface area contributed by atoms with Gasteiger partial charge in [0.15, 0.2) is 0 Å². The van der Waals surface area contributed by atoms with E-state index in [0.717, 1.165) is 26.1 Å². The summed E-state index contributed by atoms with van der Waals surface area (Å²) in [7, 11) is 0. The van der Waals surface area contributed by atoms with E-state index in [1.54, 1.807) is 0 Å². The molecule has 1 N–H and O–H groups in total. The van der Waals surface area contributed by atoms with Crippen molar-refractivity contribution in [2.75, 3.05) is 19.6 Å². The van der Waals surface area contributed by atoms with Gasteiger partial charge in [-0.15, -0.1) is 0 Å². The van der Waals surface area contributed by atoms with Crippen LogP contribution in [0.1, 0.15) is 63.8 Å². The van der Waals surface area contributed by atoms with Crippen LogP contribution in [0.4, 0.5) is 0 Å². The molecular formula is C19H34N2. The summed E-state index contributed by atoms with van der Waals surface area (Å²) in [5.74, 6) is 0. The Morgan fingerprint density at radius 2 is 1.71 bits per heavy atom. The van der Waals surface area contributed by atoms with Crippen molar-refractivity contribution >= 4 is 0 Å². The van der Waals surface area contributed by atoms with E-state index in [4.69, 9.17) is 0 Å². The molecule has 0 saturated carbocycles. The van der Waals surface area contributed by atoms with Crippen LogP contribution in [0.15, 0.2) is 18.2 Å². The highest BCUT2D eigenvalue weighted by Gasteiger charge is 2.38. The summed E-state index contributed by atoms with van der Waals surface area (Å²) in [6.07, 6.45) is 1.14. The first-order valence-corrected chi connectivity index (χ1v) is 8.50. The maximum Gasteiger partial charge on any atom is 0.0507 e. The van der Waals surface area contributed by atoms with Crippen molar-refractivity contribution in [1.82, 2.24) is 10.2 Å². The normalized spacial score (nSPS) is 16.0. The standard InChI is InChI=1S/C19H34N2/c1-8-19(7,21(10-3)11-4)18(20-9-2)17-14-15(5)12-13-16(17)6/h12-14,18,20H,8-11H2,1-7H3. The molecule has 0 aromatic heterocycles. The van der Waals surface area contributed by atoms with Crippen LogP contribution in [0.25, 0.3) is 0 Å². The number of nitrogens with zero attached hydrogens (tertiary/aromatic N) is 1. The molecule has 0 spiro atoms. The topological polar surface area (TPSA) is 15.3 Å². The zero-order valence-electron chi connectivity index (χ0n) is 15.1. The average Bonchev–Trinajstić information content (AvgIpc) is 2.48. The lowest BCUT2D eigenvalue weighted by Crippen LogP contribution is -2.54. The summed E-state index contributed by atoms with van der Waals surface area (Å²) >= 11 is 0. The van der Waals surface area contributed by atoms with Crippen molar-refractivity contribution < 1.29 is 0 Å². The lowest BCUT2D eigenvalue weighted by molar-refractivity contribution is 0.0702. The van der Waals surface area contributed by atoms with E-state index in [1.165, 1.54) is 16.7 Å². The number of nitrogens with one attached hydrogen (secondary N) is 1. The van der Waals surface area contributed by atoms with Gasteiger partial charge in [0.1, 0.15) is 0 Å². The maximum atomic E-state index is 3.77. The molecule has 0 bridgehead atoms. The summed E-state index contributed by atoms with van der Waals surface area (Å²) < 4.78 is 0. The predicted octanol–water partition coefficient (Wildman–Crippen LogP) is 4.46. The Bertz CT molecular complexity index is 437. The molecule has 2 unspecified atom stereocenters. The van der Waals surface area contributed by atoms with E-state index in [1.807, 2.05) is 0 Å². The summed E-state index contributed by atoms with van der Waals surface area (Å²) in [5.41, 5.74) is 4.32. The minimum absolute atomic E-state index is 0.137. The molecule has 0 aliphatic carbocycles. The third-order valence-corrected chi connectivity index (χ3v) is 4.98. The molecule has 0 amide bonds. The first-order valence-electron chi connectivity index (χ1n) is 8.50. The second kappa shape index (κ2) is 7.95. The Kier molecular flexibility index (Phi) is 6.89. The Morgan fingerprint density at radius 1 is 1.10 bits per heavy atom. The summed E-state index contributed by atoms with van der Waals surface area (Å²) in [6, 6.07) is 7.20. The Balaban J connectivity index is 3.34. The predicted molar refractivity (Wildman–Crippen MR) is 94.0 cm³/mol. The quantitative estimate of drug-likeness (QED) is 0.760. The zero-order chi connectivity index (χ0) is 16.0. The molecule has 0 fully saturated rings. The van der Waals surface area contributed by atoms with E-state index in [0.29, 0.717) is 6.04 Å². The Hall–Kier alpha value is -0.860. The molecule has 2 nitrogen and oxygen atoms in total. The third kappa shape index (κ3) is 3.87. The van der Waals surface area contributed by atoms with Gasteiger partial charge in [0.2, 0.25) is 0 Å². The van der Waals surface area contributed by atoms with Gasteiger partial charge in [0.25, 0.3) is 0 Å². The zero-order valence-corrected chi connectivity index (χ0v) is 15.1. The fourth-order valence-corrected chi connectivity index (χ4v) is 3.50. The molecule has 0 aliphatic rings. The largest absolute Gasteiger partial charge is 0.309 e. The number of hydrogen-bond acceptors (Lipinski definition) is 2. The van der Waals surface area contributed by atoms with Crippen LogP contribution in [0.3, 0.4) is 0 Å². The molecule has 1 rings (SSSR count). The van der Waals surface area contributed by atoms with Crippen molar-refractivity contribution in [3.8, 4) is 0 Å². The second-order valence-corrected chi connectivity index (χ2v) is 6.23. The number of rotatable bonds is 8. The van der Waals surface area contributed by atoms with Gasteiger partial charge >= 0.3 is 0 Å². The van der Waals surface area contributed by atoms with Crippen molar-refractivity contribution in [2.24, 2.45) is 0 Å². The Morgan fingerprint density at radius 3 is 2.19 bits per heavy atom. The van der Waals surface area contributed by atoms with Gasteiger partial charge in [-0.05, 0) is 58.0 Å². The molecule has 2 heteroatoms. The average molecular weight is 290 g/mol. The van der Waals surface area contributed by atoms with Crippen LogP contribution >= 0.6 is 0 Å². The maximum absolute atomic E-state index is 3.77. The van der Waals surface area contributed by atoms with E-state index in [9.17, 15) is 0 Å². The van der Waals surface area contributed by atoms with Gasteiger partial charge in [0.05, 0.1) is 6.04 Å². The van der Waals surface area contributed by atoms with Crippen LogP contribution in [-0.2, 0) is 0 Å². The van der Waals surface area contributed by atoms with Crippen LogP contribution < -0.4 is 5.32 Å². The molecule has 0 heterocycles. The lowest BCUT2D eigenvalue weighted by atomic mass is 9.80. The van der Waals surface area contributed by atoms with E-state index < -0.39 is 0 Å². The monoisotopic (exact) mass is 290 g/mol. The highest BCUT2D eigenvalue weighted by molar-refractivity contribution is 5.35. The summed E-state index contributed by atoms with van der Waals surface area (Å²) in [5, 5.41) is 3.77.